The van der Waals surface area contributed by atoms with E-state index in [2.05, 4.69) is 41.5 Å². The number of nitrogens with zero attached hydrogens (tertiary/aromatic N) is 5. The molecular weight excluding hydrogens is 322 g/mol. The Morgan fingerprint density at radius 3 is 2.42 bits per heavy atom. The third-order valence-electron chi connectivity index (χ3n) is 4.29. The van der Waals surface area contributed by atoms with Gasteiger partial charge in [-0.15, -0.1) is 5.10 Å². The second-order valence-corrected chi connectivity index (χ2v) is 7.72. The summed E-state index contributed by atoms with van der Waals surface area (Å²) in [5, 5.41) is 12.4. The van der Waals surface area contributed by atoms with Gasteiger partial charge in [-0.1, -0.05) is 37.7 Å². The van der Waals surface area contributed by atoms with Crippen LogP contribution in [0.3, 0.4) is 0 Å². The first-order valence-electron chi connectivity index (χ1n) is 8.40. The molecule has 0 unspecified atom stereocenters. The molecule has 1 aromatic carbocycles. The van der Waals surface area contributed by atoms with Crippen molar-refractivity contribution in [2.75, 3.05) is 13.1 Å². The van der Waals surface area contributed by atoms with Crippen LogP contribution in [0.4, 0.5) is 0 Å². The molecule has 1 atom stereocenters. The highest BCUT2D eigenvalue weighted by Crippen LogP contribution is 2.26. The maximum atomic E-state index is 12.5. The monoisotopic (exact) mass is 345 g/mol. The molecule has 0 N–H and O–H groups in total. The quantitative estimate of drug-likeness (QED) is 0.780. The van der Waals surface area contributed by atoms with Crippen molar-refractivity contribution >= 4 is 17.7 Å². The predicted molar refractivity (Wildman–Crippen MR) is 94.4 cm³/mol. The largest absolute Gasteiger partial charge is 0.342 e. The highest BCUT2D eigenvalue weighted by molar-refractivity contribution is 8.00. The number of carbonyl (C=O) groups excluding carboxylic acids is 1. The molecule has 0 spiro atoms. The molecule has 1 fully saturated rings. The second-order valence-electron chi connectivity index (χ2n) is 6.41. The maximum absolute atomic E-state index is 12.5. The van der Waals surface area contributed by atoms with Gasteiger partial charge in [0.2, 0.25) is 11.1 Å². The summed E-state index contributed by atoms with van der Waals surface area (Å²) in [5.74, 6) is 0.655. The Morgan fingerprint density at radius 2 is 1.79 bits per heavy atom. The molecule has 24 heavy (non-hydrogen) atoms. The molecule has 6 nitrogen and oxygen atoms in total. The predicted octanol–water partition coefficient (Wildman–Crippen LogP) is 2.89. The fourth-order valence-electron chi connectivity index (χ4n) is 2.82. The first-order chi connectivity index (χ1) is 11.6. The first kappa shape index (κ1) is 17.0. The summed E-state index contributed by atoms with van der Waals surface area (Å²) in [6.07, 6.45) is 2.20. The summed E-state index contributed by atoms with van der Waals surface area (Å²) in [6, 6.07) is 8.22. The molecule has 1 aromatic heterocycles. The maximum Gasteiger partial charge on any atom is 0.235 e. The van der Waals surface area contributed by atoms with Gasteiger partial charge in [-0.25, -0.2) is 0 Å². The van der Waals surface area contributed by atoms with E-state index in [1.165, 1.54) is 17.3 Å². The van der Waals surface area contributed by atoms with Crippen molar-refractivity contribution in [1.82, 2.24) is 25.1 Å². The topological polar surface area (TPSA) is 63.9 Å². The van der Waals surface area contributed by atoms with Gasteiger partial charge in [0.25, 0.3) is 0 Å². The molecule has 1 aliphatic rings. The van der Waals surface area contributed by atoms with Crippen molar-refractivity contribution in [2.45, 2.75) is 49.9 Å². The highest BCUT2D eigenvalue weighted by Gasteiger charge is 2.25. The lowest BCUT2D eigenvalue weighted by atomic mass is 10.0. The van der Waals surface area contributed by atoms with Crippen LogP contribution in [0, 0.1) is 0 Å². The van der Waals surface area contributed by atoms with Crippen LogP contribution in [0.1, 0.15) is 45.1 Å². The van der Waals surface area contributed by atoms with Crippen LogP contribution >= 0.6 is 11.8 Å². The zero-order valence-corrected chi connectivity index (χ0v) is 15.2. The number of rotatable bonds is 5. The van der Waals surface area contributed by atoms with Gasteiger partial charge in [0.15, 0.2) is 0 Å². The molecule has 2 heterocycles. The van der Waals surface area contributed by atoms with Crippen molar-refractivity contribution in [3.63, 3.8) is 0 Å². The van der Waals surface area contributed by atoms with Crippen LogP contribution < -0.4 is 0 Å². The van der Waals surface area contributed by atoms with E-state index < -0.39 is 0 Å². The zero-order valence-electron chi connectivity index (χ0n) is 14.3. The molecule has 7 heteroatoms. The minimum atomic E-state index is -0.192. The Morgan fingerprint density at radius 1 is 1.12 bits per heavy atom. The number of amides is 1. The molecule has 2 aromatic rings. The van der Waals surface area contributed by atoms with Gasteiger partial charge in [-0.2, -0.15) is 4.68 Å². The number of carbonyl (C=O) groups is 1. The number of thioether (sulfide) groups is 1. The van der Waals surface area contributed by atoms with E-state index in [9.17, 15) is 4.79 Å². The number of aromatic nitrogens is 4. The summed E-state index contributed by atoms with van der Waals surface area (Å²) >= 11 is 1.41. The fourth-order valence-corrected chi connectivity index (χ4v) is 3.71. The summed E-state index contributed by atoms with van der Waals surface area (Å²) in [5.41, 5.74) is 2.19. The van der Waals surface area contributed by atoms with Crippen molar-refractivity contribution in [2.24, 2.45) is 0 Å². The highest BCUT2D eigenvalue weighted by atomic mass is 32.2. The van der Waals surface area contributed by atoms with Crippen molar-refractivity contribution in [3.8, 4) is 5.69 Å². The minimum absolute atomic E-state index is 0.169. The number of hydrogen-bond donors (Lipinski definition) is 0. The molecule has 128 valence electrons. The van der Waals surface area contributed by atoms with E-state index in [0.29, 0.717) is 11.1 Å². The molecule has 0 aliphatic carbocycles. The van der Waals surface area contributed by atoms with Gasteiger partial charge in [0.1, 0.15) is 0 Å². The Hall–Kier alpha value is -1.89. The van der Waals surface area contributed by atoms with E-state index in [4.69, 9.17) is 0 Å². The van der Waals surface area contributed by atoms with E-state index >= 15 is 0 Å². The number of likely N-dealkylation sites (tertiary alicyclic amines) is 1. The lowest BCUT2D eigenvalue weighted by molar-refractivity contribution is -0.129. The van der Waals surface area contributed by atoms with Crippen LogP contribution in [-0.4, -0.2) is 49.4 Å². The van der Waals surface area contributed by atoms with E-state index in [0.717, 1.165) is 31.6 Å². The summed E-state index contributed by atoms with van der Waals surface area (Å²) < 4.78 is 1.70. The molecule has 1 saturated heterocycles. The van der Waals surface area contributed by atoms with Gasteiger partial charge >= 0.3 is 0 Å². The molecule has 1 amide bonds. The SMILES string of the molecule is CC(C)c1ccc(-n2nnnc2S[C@H](C)C(=O)N2CCCC2)cc1. The number of benzene rings is 1. The van der Waals surface area contributed by atoms with E-state index in [-0.39, 0.29) is 11.2 Å². The van der Waals surface area contributed by atoms with Crippen LogP contribution in [0.5, 0.6) is 0 Å². The van der Waals surface area contributed by atoms with Crippen molar-refractivity contribution in [3.05, 3.63) is 29.8 Å². The molecule has 0 radical (unpaired) electrons. The smallest absolute Gasteiger partial charge is 0.235 e. The normalized spacial score (nSPS) is 15.9. The van der Waals surface area contributed by atoms with Crippen LogP contribution in [0.2, 0.25) is 0 Å². The average Bonchev–Trinajstić information content (AvgIpc) is 3.26. The van der Waals surface area contributed by atoms with Gasteiger partial charge in [0, 0.05) is 13.1 Å². The van der Waals surface area contributed by atoms with Gasteiger partial charge in [-0.3, -0.25) is 4.79 Å². The van der Waals surface area contributed by atoms with Crippen molar-refractivity contribution < 1.29 is 4.79 Å². The Labute approximate surface area is 146 Å². The van der Waals surface area contributed by atoms with Crippen LogP contribution in [-0.2, 0) is 4.79 Å². The lowest BCUT2D eigenvalue weighted by Crippen LogP contribution is -2.34. The fraction of sp³-hybridized carbons (Fsp3) is 0.529. The van der Waals surface area contributed by atoms with Crippen molar-refractivity contribution in [1.29, 1.82) is 0 Å². The Balaban J connectivity index is 1.73. The zero-order chi connectivity index (χ0) is 17.1. The second kappa shape index (κ2) is 7.34. The lowest BCUT2D eigenvalue weighted by Gasteiger charge is -2.19. The summed E-state index contributed by atoms with van der Waals surface area (Å²) in [7, 11) is 0. The molecule has 1 aliphatic heterocycles. The Bertz CT molecular complexity index is 691. The van der Waals surface area contributed by atoms with E-state index in [1.807, 2.05) is 24.0 Å². The van der Waals surface area contributed by atoms with Gasteiger partial charge in [0.05, 0.1) is 10.9 Å². The molecule has 3 rings (SSSR count). The standard InChI is InChI=1S/C17H23N5OS/c1-12(2)14-6-8-15(9-7-14)22-17(18-19-20-22)24-13(3)16(23)21-10-4-5-11-21/h6-9,12-13H,4-5,10-11H2,1-3H3/t13-/m1/s1. The Kier molecular flexibility index (Phi) is 5.18. The van der Waals surface area contributed by atoms with E-state index in [1.54, 1.807) is 4.68 Å². The first-order valence-corrected chi connectivity index (χ1v) is 9.28. The molecule has 0 bridgehead atoms. The third-order valence-corrected chi connectivity index (χ3v) is 5.31. The minimum Gasteiger partial charge on any atom is -0.342 e. The summed E-state index contributed by atoms with van der Waals surface area (Å²) in [4.78, 5) is 14.4. The average molecular weight is 345 g/mol. The number of tetrazole rings is 1. The summed E-state index contributed by atoms with van der Waals surface area (Å²) in [6.45, 7) is 7.99. The van der Waals surface area contributed by atoms with Crippen LogP contribution in [0.15, 0.2) is 29.4 Å². The van der Waals surface area contributed by atoms with Gasteiger partial charge in [-0.05, 0) is 53.8 Å². The molecular formula is C17H23N5OS. The van der Waals surface area contributed by atoms with Gasteiger partial charge < -0.3 is 4.90 Å². The number of hydrogen-bond acceptors (Lipinski definition) is 5. The van der Waals surface area contributed by atoms with Crippen LogP contribution in [0.25, 0.3) is 5.69 Å². The molecule has 0 saturated carbocycles. The third kappa shape index (κ3) is 3.61.